The minimum Gasteiger partial charge on any atom is -0.474 e. The van der Waals surface area contributed by atoms with Crippen molar-refractivity contribution in [1.82, 2.24) is 10.2 Å². The SMILES string of the molecule is CCCCCCCCCCCCCNC(=O)c1ccc(CN(Cc2ccccc2)C(=O)C(=O)O)cc1. The van der Waals surface area contributed by atoms with Gasteiger partial charge in [0.2, 0.25) is 0 Å². The maximum absolute atomic E-state index is 12.4. The summed E-state index contributed by atoms with van der Waals surface area (Å²) in [6.45, 7) is 3.26. The molecule has 0 bridgehead atoms. The topological polar surface area (TPSA) is 86.7 Å². The fourth-order valence-electron chi connectivity index (χ4n) is 4.21. The summed E-state index contributed by atoms with van der Waals surface area (Å²) in [7, 11) is 0. The Balaban J connectivity index is 1.69. The Bertz CT molecular complexity index is 912. The maximum atomic E-state index is 12.4. The Morgan fingerprint density at radius 2 is 1.19 bits per heavy atom. The van der Waals surface area contributed by atoms with Gasteiger partial charge in [-0.3, -0.25) is 9.59 Å². The van der Waals surface area contributed by atoms with E-state index < -0.39 is 11.9 Å². The van der Waals surface area contributed by atoms with E-state index in [4.69, 9.17) is 0 Å². The summed E-state index contributed by atoms with van der Waals surface area (Å²) < 4.78 is 0. The number of carbonyl (C=O) groups is 3. The van der Waals surface area contributed by atoms with Crippen LogP contribution in [0.25, 0.3) is 0 Å². The molecule has 0 saturated carbocycles. The third-order valence-corrected chi connectivity index (χ3v) is 6.34. The molecule has 2 aromatic carbocycles. The maximum Gasteiger partial charge on any atom is 0.394 e. The van der Waals surface area contributed by atoms with Gasteiger partial charge in [0.15, 0.2) is 0 Å². The van der Waals surface area contributed by atoms with Crippen molar-refractivity contribution in [1.29, 1.82) is 0 Å². The minimum absolute atomic E-state index is 0.114. The number of hydrogen-bond acceptors (Lipinski definition) is 3. The van der Waals surface area contributed by atoms with Crippen LogP contribution in [0.2, 0.25) is 0 Å². The summed E-state index contributed by atoms with van der Waals surface area (Å²) in [4.78, 5) is 37.2. The van der Waals surface area contributed by atoms with Gasteiger partial charge in [0, 0.05) is 25.2 Å². The highest BCUT2D eigenvalue weighted by Gasteiger charge is 2.21. The fraction of sp³-hybridized carbons (Fsp3) is 0.500. The number of hydrogen-bond donors (Lipinski definition) is 2. The van der Waals surface area contributed by atoms with Crippen LogP contribution >= 0.6 is 0 Å². The Morgan fingerprint density at radius 1 is 0.694 bits per heavy atom. The molecule has 0 aromatic heterocycles. The second-order valence-corrected chi connectivity index (χ2v) is 9.44. The number of benzene rings is 2. The molecule has 6 nitrogen and oxygen atoms in total. The van der Waals surface area contributed by atoms with Gasteiger partial charge >= 0.3 is 11.9 Å². The molecule has 36 heavy (non-hydrogen) atoms. The van der Waals surface area contributed by atoms with E-state index in [0.717, 1.165) is 24.0 Å². The molecule has 6 heteroatoms. The number of unbranched alkanes of at least 4 members (excludes halogenated alkanes) is 10. The van der Waals surface area contributed by atoms with E-state index >= 15 is 0 Å². The molecule has 2 aromatic rings. The van der Waals surface area contributed by atoms with Gasteiger partial charge in [-0.1, -0.05) is 114 Å². The third-order valence-electron chi connectivity index (χ3n) is 6.34. The highest BCUT2D eigenvalue weighted by molar-refractivity contribution is 6.31. The number of carbonyl (C=O) groups excluding carboxylic acids is 2. The molecule has 0 aliphatic heterocycles. The third kappa shape index (κ3) is 11.5. The first kappa shape index (κ1) is 29.1. The van der Waals surface area contributed by atoms with E-state index in [1.807, 2.05) is 30.3 Å². The lowest BCUT2D eigenvalue weighted by molar-refractivity contribution is -0.156. The first-order valence-corrected chi connectivity index (χ1v) is 13.4. The Hall–Kier alpha value is -3.15. The van der Waals surface area contributed by atoms with Crippen molar-refractivity contribution in [2.75, 3.05) is 6.54 Å². The van der Waals surface area contributed by atoms with Crippen molar-refractivity contribution < 1.29 is 19.5 Å². The van der Waals surface area contributed by atoms with Crippen LogP contribution in [0.3, 0.4) is 0 Å². The molecule has 2 amide bonds. The van der Waals surface area contributed by atoms with Gasteiger partial charge in [0.1, 0.15) is 0 Å². The van der Waals surface area contributed by atoms with Crippen LogP contribution in [-0.4, -0.2) is 34.3 Å². The van der Waals surface area contributed by atoms with Crippen molar-refractivity contribution >= 4 is 17.8 Å². The molecule has 0 aliphatic carbocycles. The summed E-state index contributed by atoms with van der Waals surface area (Å²) in [6, 6.07) is 16.2. The number of nitrogens with zero attached hydrogens (tertiary/aromatic N) is 1. The number of amides is 2. The predicted octanol–water partition coefficient (Wildman–Crippen LogP) is 6.34. The number of rotatable bonds is 17. The predicted molar refractivity (Wildman–Crippen MR) is 144 cm³/mol. The van der Waals surface area contributed by atoms with E-state index in [1.54, 1.807) is 24.3 Å². The zero-order chi connectivity index (χ0) is 26.0. The molecule has 2 rings (SSSR count). The summed E-state index contributed by atoms with van der Waals surface area (Å²) in [5.41, 5.74) is 2.17. The lowest BCUT2D eigenvalue weighted by Crippen LogP contribution is -2.35. The molecular formula is C30H42N2O4. The van der Waals surface area contributed by atoms with Gasteiger partial charge in [-0.25, -0.2) is 4.79 Å². The second-order valence-electron chi connectivity index (χ2n) is 9.44. The van der Waals surface area contributed by atoms with E-state index in [2.05, 4.69) is 12.2 Å². The summed E-state index contributed by atoms with van der Waals surface area (Å²) in [5, 5.41) is 12.2. The van der Waals surface area contributed by atoms with Gasteiger partial charge in [-0.15, -0.1) is 0 Å². The van der Waals surface area contributed by atoms with Crippen LogP contribution < -0.4 is 5.32 Å². The quantitative estimate of drug-likeness (QED) is 0.198. The monoisotopic (exact) mass is 494 g/mol. The average molecular weight is 495 g/mol. The average Bonchev–Trinajstić information content (AvgIpc) is 2.89. The number of aliphatic carboxylic acids is 1. The molecule has 2 N–H and O–H groups in total. The first-order valence-electron chi connectivity index (χ1n) is 13.4. The van der Waals surface area contributed by atoms with Crippen LogP contribution in [0, 0.1) is 0 Å². The number of carboxylic acids is 1. The molecule has 0 aliphatic rings. The van der Waals surface area contributed by atoms with E-state index in [1.165, 1.54) is 62.7 Å². The van der Waals surface area contributed by atoms with Crippen LogP contribution in [-0.2, 0) is 22.7 Å². The van der Waals surface area contributed by atoms with Crippen molar-refractivity contribution in [3.63, 3.8) is 0 Å². The fourth-order valence-corrected chi connectivity index (χ4v) is 4.21. The minimum atomic E-state index is -1.48. The number of carboxylic acid groups (broad SMARTS) is 1. The zero-order valence-electron chi connectivity index (χ0n) is 21.7. The normalized spacial score (nSPS) is 10.7. The van der Waals surface area contributed by atoms with Crippen LogP contribution in [0.15, 0.2) is 54.6 Å². The molecule has 0 heterocycles. The van der Waals surface area contributed by atoms with E-state index in [-0.39, 0.29) is 19.0 Å². The van der Waals surface area contributed by atoms with Gasteiger partial charge < -0.3 is 15.3 Å². The van der Waals surface area contributed by atoms with Crippen molar-refractivity contribution in [3.8, 4) is 0 Å². The van der Waals surface area contributed by atoms with Crippen LogP contribution in [0.4, 0.5) is 0 Å². The van der Waals surface area contributed by atoms with Gasteiger partial charge in [-0.05, 0) is 29.7 Å². The number of nitrogens with one attached hydrogen (secondary N) is 1. The van der Waals surface area contributed by atoms with Crippen molar-refractivity contribution in [2.24, 2.45) is 0 Å². The van der Waals surface area contributed by atoms with Crippen LogP contribution in [0.1, 0.15) is 99.0 Å². The summed E-state index contributed by atoms with van der Waals surface area (Å²) in [6.07, 6.45) is 14.0. The molecule has 0 atom stereocenters. The van der Waals surface area contributed by atoms with Gasteiger partial charge in [0.25, 0.3) is 5.91 Å². The summed E-state index contributed by atoms with van der Waals surface area (Å²) in [5.74, 6) is -2.55. The van der Waals surface area contributed by atoms with Gasteiger partial charge in [-0.2, -0.15) is 0 Å². The molecule has 0 fully saturated rings. The zero-order valence-corrected chi connectivity index (χ0v) is 21.7. The molecule has 0 saturated heterocycles. The second kappa shape index (κ2) is 17.3. The van der Waals surface area contributed by atoms with Crippen molar-refractivity contribution in [2.45, 2.75) is 90.6 Å². The molecule has 0 radical (unpaired) electrons. The summed E-state index contributed by atoms with van der Waals surface area (Å²) >= 11 is 0. The van der Waals surface area contributed by atoms with E-state index in [0.29, 0.717) is 12.1 Å². The highest BCUT2D eigenvalue weighted by atomic mass is 16.4. The lowest BCUT2D eigenvalue weighted by atomic mass is 10.1. The van der Waals surface area contributed by atoms with Crippen molar-refractivity contribution in [3.05, 3.63) is 71.3 Å². The van der Waals surface area contributed by atoms with E-state index in [9.17, 15) is 19.5 Å². The molecule has 0 spiro atoms. The Morgan fingerprint density at radius 3 is 1.72 bits per heavy atom. The first-order chi connectivity index (χ1) is 17.5. The smallest absolute Gasteiger partial charge is 0.394 e. The lowest BCUT2D eigenvalue weighted by Gasteiger charge is -2.21. The van der Waals surface area contributed by atoms with Crippen LogP contribution in [0.5, 0.6) is 0 Å². The highest BCUT2D eigenvalue weighted by Crippen LogP contribution is 2.13. The standard InChI is InChI=1S/C30H42N2O4/c1-2-3-4-5-6-7-8-9-10-11-15-22-31-28(33)27-20-18-26(19-21-27)24-32(29(34)30(35)36)23-25-16-13-12-14-17-25/h12-14,16-21H,2-11,15,22-24H2,1H3,(H,31,33)(H,35,36). The molecule has 196 valence electrons. The largest absolute Gasteiger partial charge is 0.474 e. The Kier molecular flexibility index (Phi) is 14.0. The molecule has 0 unspecified atom stereocenters. The van der Waals surface area contributed by atoms with Gasteiger partial charge in [0.05, 0.1) is 0 Å². The Labute approximate surface area is 216 Å². The molecular weight excluding hydrogens is 452 g/mol.